The van der Waals surface area contributed by atoms with Crippen molar-refractivity contribution >= 4 is 43.8 Å². The Morgan fingerprint density at radius 2 is 1.74 bits per heavy atom. The van der Waals surface area contributed by atoms with Crippen molar-refractivity contribution < 1.29 is 19.1 Å². The molecule has 35 heavy (non-hydrogen) atoms. The Labute approximate surface area is 203 Å². The van der Waals surface area contributed by atoms with Gasteiger partial charge in [0, 0.05) is 10.9 Å². The number of nitrogens with two attached hydrogens (primary N) is 1. The maximum absolute atomic E-state index is 13.3. The minimum Gasteiger partial charge on any atom is -0.539 e. The first-order valence-corrected chi connectivity index (χ1v) is 11.7. The molecule has 8 heteroatoms. The first-order valence-electron chi connectivity index (χ1n) is 10.9. The van der Waals surface area contributed by atoms with Gasteiger partial charge in [-0.2, -0.15) is 0 Å². The molecule has 0 saturated heterocycles. The van der Waals surface area contributed by atoms with E-state index in [0.29, 0.717) is 10.2 Å². The average Bonchev–Trinajstić information content (AvgIpc) is 3.41. The smallest absolute Gasteiger partial charge is 0.305 e. The van der Waals surface area contributed by atoms with E-state index in [2.05, 4.69) is 28.0 Å². The molecular weight excluding hydrogens is 460 g/mol. The van der Waals surface area contributed by atoms with Crippen LogP contribution in [0.4, 0.5) is 5.69 Å². The molecule has 3 heterocycles. The van der Waals surface area contributed by atoms with E-state index in [-0.39, 0.29) is 16.3 Å². The lowest BCUT2D eigenvalue weighted by Gasteiger charge is -2.11. The van der Waals surface area contributed by atoms with Crippen molar-refractivity contribution in [2.75, 3.05) is 5.73 Å². The van der Waals surface area contributed by atoms with Crippen LogP contribution in [-0.2, 0) is 7.05 Å². The highest BCUT2D eigenvalue weighted by Gasteiger charge is 2.30. The standard InChI is InChI=1S/C27H18N4O3S/c1-31-23(27(33)34-30-31)24(32)25-22(28)21-19(16-8-3-2-4-9-16)14-20(29-26(21)35-25)18-13-7-11-15-10-5-6-12-17(15)18/h2-14H,1H3,(H2-,28,30,32,33). The van der Waals surface area contributed by atoms with E-state index in [0.717, 1.165) is 49.2 Å². The van der Waals surface area contributed by atoms with E-state index in [4.69, 9.17) is 10.7 Å². The normalized spacial score (nSPS) is 11.3. The fraction of sp³-hybridized carbons (Fsp3) is 0.0370. The van der Waals surface area contributed by atoms with Crippen molar-refractivity contribution in [3.63, 3.8) is 0 Å². The van der Waals surface area contributed by atoms with Crippen LogP contribution >= 0.6 is 11.3 Å². The number of carbonyl (C=O) groups excluding carboxylic acids is 1. The summed E-state index contributed by atoms with van der Waals surface area (Å²) in [7, 11) is 1.48. The molecule has 0 bridgehead atoms. The Hall–Kier alpha value is -4.56. The zero-order valence-corrected chi connectivity index (χ0v) is 19.4. The largest absolute Gasteiger partial charge is 0.539 e. The van der Waals surface area contributed by atoms with Gasteiger partial charge in [-0.3, -0.25) is 4.79 Å². The summed E-state index contributed by atoms with van der Waals surface area (Å²) in [5.74, 6) is -1.34. The number of ketones is 1. The predicted octanol–water partition coefficient (Wildman–Crippen LogP) is 4.48. The number of hydrogen-bond acceptors (Lipinski definition) is 7. The van der Waals surface area contributed by atoms with Crippen LogP contribution in [0.2, 0.25) is 0 Å². The van der Waals surface area contributed by atoms with Crippen LogP contribution in [0.3, 0.4) is 0 Å². The van der Waals surface area contributed by atoms with Gasteiger partial charge in [0.2, 0.25) is 0 Å². The van der Waals surface area contributed by atoms with Gasteiger partial charge < -0.3 is 15.4 Å². The summed E-state index contributed by atoms with van der Waals surface area (Å²) < 4.78 is 5.77. The molecule has 0 aliphatic heterocycles. The Kier molecular flexibility index (Phi) is 4.82. The van der Waals surface area contributed by atoms with E-state index in [1.54, 1.807) is 0 Å². The molecule has 3 aromatic carbocycles. The minimum atomic E-state index is -0.804. The molecule has 0 amide bonds. The molecule has 0 radical (unpaired) electrons. The molecule has 0 fully saturated rings. The second kappa shape index (κ2) is 8.03. The summed E-state index contributed by atoms with van der Waals surface area (Å²) in [6.07, 6.45) is 0. The van der Waals surface area contributed by atoms with Crippen LogP contribution in [0.1, 0.15) is 15.4 Å². The average molecular weight is 479 g/mol. The van der Waals surface area contributed by atoms with Gasteiger partial charge in [0.05, 0.1) is 16.7 Å². The van der Waals surface area contributed by atoms with Crippen molar-refractivity contribution in [3.05, 3.63) is 89.4 Å². The van der Waals surface area contributed by atoms with Gasteiger partial charge >= 0.3 is 5.69 Å². The fourth-order valence-corrected chi connectivity index (χ4v) is 5.44. The van der Waals surface area contributed by atoms with Crippen LogP contribution in [-0.4, -0.2) is 16.0 Å². The Morgan fingerprint density at radius 1 is 1.00 bits per heavy atom. The third kappa shape index (κ3) is 3.34. The number of hydrogen-bond donors (Lipinski definition) is 1. The van der Waals surface area contributed by atoms with Crippen molar-refractivity contribution in [2.24, 2.45) is 7.05 Å². The number of nitrogen functional groups attached to an aromatic ring is 1. The molecule has 6 aromatic rings. The summed E-state index contributed by atoms with van der Waals surface area (Å²) >= 11 is 1.16. The van der Waals surface area contributed by atoms with Crippen molar-refractivity contribution in [1.82, 2.24) is 10.3 Å². The van der Waals surface area contributed by atoms with Gasteiger partial charge in [-0.15, -0.1) is 11.3 Å². The number of aromatic nitrogens is 3. The maximum atomic E-state index is 13.3. The summed E-state index contributed by atoms with van der Waals surface area (Å²) in [4.78, 5) is 19.1. The van der Waals surface area contributed by atoms with E-state index < -0.39 is 11.7 Å². The SMILES string of the molecule is C[n+]1noc([O-])c1C(=O)c1sc2nc(-c3cccc4ccccc34)cc(-c3ccccc3)c2c1N. The molecule has 170 valence electrons. The molecule has 0 aliphatic carbocycles. The lowest BCUT2D eigenvalue weighted by atomic mass is 9.97. The molecule has 2 N–H and O–H groups in total. The third-order valence-corrected chi connectivity index (χ3v) is 7.13. The van der Waals surface area contributed by atoms with Crippen LogP contribution in [0.25, 0.3) is 43.4 Å². The maximum Gasteiger partial charge on any atom is 0.305 e. The lowest BCUT2D eigenvalue weighted by molar-refractivity contribution is -0.741. The summed E-state index contributed by atoms with van der Waals surface area (Å²) in [6.45, 7) is 0. The monoisotopic (exact) mass is 478 g/mol. The molecule has 6 rings (SSSR count). The predicted molar refractivity (Wildman–Crippen MR) is 133 cm³/mol. The third-order valence-electron chi connectivity index (χ3n) is 6.03. The topological polar surface area (TPSA) is 109 Å². The first kappa shape index (κ1) is 21.0. The summed E-state index contributed by atoms with van der Waals surface area (Å²) in [6, 6.07) is 26.1. The van der Waals surface area contributed by atoms with Crippen LogP contribution in [0, 0.1) is 0 Å². The van der Waals surface area contributed by atoms with Gasteiger partial charge in [-0.05, 0) is 28.0 Å². The van der Waals surface area contributed by atoms with Crippen LogP contribution in [0.15, 0.2) is 83.4 Å². The fourth-order valence-electron chi connectivity index (χ4n) is 4.38. The molecule has 0 unspecified atom stereocenters. The number of pyridine rings is 1. The highest BCUT2D eigenvalue weighted by Crippen LogP contribution is 2.42. The quantitative estimate of drug-likeness (QED) is 0.296. The van der Waals surface area contributed by atoms with Crippen molar-refractivity contribution in [3.8, 4) is 28.3 Å². The second-order valence-electron chi connectivity index (χ2n) is 8.13. The van der Waals surface area contributed by atoms with Crippen LogP contribution in [0.5, 0.6) is 5.95 Å². The summed E-state index contributed by atoms with van der Waals surface area (Å²) in [5.41, 5.74) is 10.2. The first-order chi connectivity index (χ1) is 17.0. The number of nitrogens with zero attached hydrogens (tertiary/aromatic N) is 3. The highest BCUT2D eigenvalue weighted by molar-refractivity contribution is 7.21. The number of fused-ring (bicyclic) bond motifs is 2. The number of thiophene rings is 1. The number of rotatable bonds is 4. The van der Waals surface area contributed by atoms with Gasteiger partial charge in [0.1, 0.15) is 9.71 Å². The molecule has 0 atom stereocenters. The molecule has 0 spiro atoms. The number of aryl methyl sites for hydroxylation is 1. The van der Waals surface area contributed by atoms with E-state index in [9.17, 15) is 9.90 Å². The highest BCUT2D eigenvalue weighted by atomic mass is 32.1. The number of benzene rings is 3. The van der Waals surface area contributed by atoms with E-state index >= 15 is 0 Å². The van der Waals surface area contributed by atoms with Gasteiger partial charge in [-0.1, -0.05) is 77.5 Å². The van der Waals surface area contributed by atoms with E-state index in [1.807, 2.05) is 60.7 Å². The Balaban J connectivity index is 1.65. The number of carbonyl (C=O) groups is 1. The Morgan fingerprint density at radius 3 is 2.51 bits per heavy atom. The van der Waals surface area contributed by atoms with Gasteiger partial charge in [0.15, 0.2) is 13.0 Å². The molecule has 3 aromatic heterocycles. The zero-order chi connectivity index (χ0) is 24.1. The summed E-state index contributed by atoms with van der Waals surface area (Å²) in [5, 5.41) is 18.5. The van der Waals surface area contributed by atoms with Crippen molar-refractivity contribution in [2.45, 2.75) is 0 Å². The van der Waals surface area contributed by atoms with Gasteiger partial charge in [0.25, 0.3) is 5.78 Å². The van der Waals surface area contributed by atoms with Crippen LogP contribution < -0.4 is 15.5 Å². The Bertz CT molecular complexity index is 1730. The molecule has 0 aliphatic rings. The molecule has 7 nitrogen and oxygen atoms in total. The molecule has 0 saturated carbocycles. The van der Waals surface area contributed by atoms with E-state index in [1.165, 1.54) is 7.05 Å². The second-order valence-corrected chi connectivity index (χ2v) is 9.13. The van der Waals surface area contributed by atoms with Gasteiger partial charge in [-0.25, -0.2) is 4.98 Å². The minimum absolute atomic E-state index is 0.182. The zero-order valence-electron chi connectivity index (χ0n) is 18.6. The van der Waals surface area contributed by atoms with Crippen molar-refractivity contribution in [1.29, 1.82) is 0 Å². The molecular formula is C27H18N4O3S. The number of anilines is 1. The lowest BCUT2D eigenvalue weighted by Crippen LogP contribution is -2.37.